The van der Waals surface area contributed by atoms with E-state index in [4.69, 9.17) is 5.73 Å². The second-order valence-electron chi connectivity index (χ2n) is 3.24. The van der Waals surface area contributed by atoms with Crippen molar-refractivity contribution in [3.05, 3.63) is 21.7 Å². The first-order valence-corrected chi connectivity index (χ1v) is 4.72. The number of nitrogens with one attached hydrogen (secondary N) is 1. The van der Waals surface area contributed by atoms with Crippen molar-refractivity contribution in [2.75, 3.05) is 18.9 Å². The fraction of sp³-hybridized carbons (Fsp3) is 0.556. The number of rotatable bonds is 5. The van der Waals surface area contributed by atoms with Crippen molar-refractivity contribution in [1.82, 2.24) is 9.97 Å². The maximum absolute atomic E-state index is 11.7. The summed E-state index contributed by atoms with van der Waals surface area (Å²) in [6.07, 6.45) is -2.25. The Morgan fingerprint density at radius 1 is 1.56 bits per heavy atom. The zero-order valence-electron chi connectivity index (χ0n) is 8.80. The van der Waals surface area contributed by atoms with Gasteiger partial charge in [-0.3, -0.25) is 4.79 Å². The molecule has 1 rings (SSSR count). The summed E-state index contributed by atoms with van der Waals surface area (Å²) in [5.41, 5.74) is 5.50. The van der Waals surface area contributed by atoms with E-state index in [9.17, 15) is 13.6 Å². The van der Waals surface area contributed by atoms with Gasteiger partial charge in [-0.2, -0.15) is 0 Å². The number of H-pyrrole nitrogens is 1. The zero-order valence-corrected chi connectivity index (χ0v) is 8.80. The monoisotopic (exact) mass is 233 g/mol. The number of hydrogen-bond acceptors (Lipinski definition) is 4. The van der Waals surface area contributed by atoms with Crippen molar-refractivity contribution in [2.45, 2.75) is 19.8 Å². The topological polar surface area (TPSA) is 81.0 Å². The van der Waals surface area contributed by atoms with Gasteiger partial charge in [0, 0.05) is 6.42 Å². The van der Waals surface area contributed by atoms with E-state index in [0.717, 1.165) is 0 Å². The summed E-state index contributed by atoms with van der Waals surface area (Å²) in [7, 11) is 0. The van der Waals surface area contributed by atoms with Gasteiger partial charge in [-0.05, 0) is 6.92 Å². The summed E-state index contributed by atoms with van der Waals surface area (Å²) in [6.45, 7) is 1.000. The number of nitrogens with zero attached hydrogens (tertiary/aromatic N) is 1. The standard InChI is InChI=1S/C9H13F2N3O2/c1-5-8(12)13-7(14-9(5)15)2-3-16-4-6(10)11/h6H,2-4H2,1H3,(H3,12,13,14,15). The lowest BCUT2D eigenvalue weighted by Crippen LogP contribution is -2.18. The molecule has 0 saturated carbocycles. The van der Waals surface area contributed by atoms with Gasteiger partial charge >= 0.3 is 0 Å². The van der Waals surface area contributed by atoms with Gasteiger partial charge < -0.3 is 15.5 Å². The van der Waals surface area contributed by atoms with E-state index in [1.54, 1.807) is 6.92 Å². The molecule has 1 heterocycles. The SMILES string of the molecule is Cc1c(N)nc(CCOCC(F)F)[nH]c1=O. The molecule has 3 N–H and O–H groups in total. The Bertz CT molecular complexity index is 406. The summed E-state index contributed by atoms with van der Waals surface area (Å²) in [4.78, 5) is 17.7. The molecule has 7 heteroatoms. The molecular weight excluding hydrogens is 220 g/mol. The quantitative estimate of drug-likeness (QED) is 0.725. The number of hydrogen-bond donors (Lipinski definition) is 2. The molecule has 0 atom stereocenters. The van der Waals surface area contributed by atoms with Crippen LogP contribution in [-0.4, -0.2) is 29.6 Å². The molecule has 0 aliphatic carbocycles. The van der Waals surface area contributed by atoms with Crippen LogP contribution in [0.3, 0.4) is 0 Å². The molecule has 90 valence electrons. The van der Waals surface area contributed by atoms with Gasteiger partial charge in [0.25, 0.3) is 12.0 Å². The number of nitrogens with two attached hydrogens (primary N) is 1. The van der Waals surface area contributed by atoms with Crippen LogP contribution in [0.4, 0.5) is 14.6 Å². The minimum absolute atomic E-state index is 0.0653. The average Bonchev–Trinajstić information content (AvgIpc) is 2.20. The van der Waals surface area contributed by atoms with Crippen molar-refractivity contribution >= 4 is 5.82 Å². The maximum Gasteiger partial charge on any atom is 0.261 e. The molecule has 1 aromatic rings. The third-order valence-electron chi connectivity index (χ3n) is 1.97. The smallest absolute Gasteiger partial charge is 0.261 e. The number of alkyl halides is 2. The first-order valence-electron chi connectivity index (χ1n) is 4.72. The molecule has 0 aliphatic heterocycles. The van der Waals surface area contributed by atoms with Crippen molar-refractivity contribution in [1.29, 1.82) is 0 Å². The fourth-order valence-electron chi connectivity index (χ4n) is 1.06. The number of aromatic nitrogens is 2. The average molecular weight is 233 g/mol. The maximum atomic E-state index is 11.7. The summed E-state index contributed by atoms with van der Waals surface area (Å²) >= 11 is 0. The van der Waals surface area contributed by atoms with Crippen LogP contribution in [0.2, 0.25) is 0 Å². The molecule has 0 radical (unpaired) electrons. The molecule has 1 aromatic heterocycles. The predicted octanol–water partition coefficient (Wildman–Crippen LogP) is 0.485. The van der Waals surface area contributed by atoms with E-state index in [1.165, 1.54) is 0 Å². The van der Waals surface area contributed by atoms with Gasteiger partial charge in [0.1, 0.15) is 18.2 Å². The summed E-state index contributed by atoms with van der Waals surface area (Å²) in [5, 5.41) is 0. The van der Waals surface area contributed by atoms with Crippen molar-refractivity contribution in [2.24, 2.45) is 0 Å². The molecule has 0 saturated heterocycles. The Balaban J connectivity index is 2.52. The lowest BCUT2D eigenvalue weighted by Gasteiger charge is -2.05. The Labute approximate surface area is 90.6 Å². The molecule has 0 aromatic carbocycles. The lowest BCUT2D eigenvalue weighted by molar-refractivity contribution is 0.0183. The Hall–Kier alpha value is -1.50. The number of anilines is 1. The molecule has 0 fully saturated rings. The molecule has 0 bridgehead atoms. The summed E-state index contributed by atoms with van der Waals surface area (Å²) < 4.78 is 28.1. The van der Waals surface area contributed by atoms with Crippen molar-refractivity contribution in [3.8, 4) is 0 Å². The van der Waals surface area contributed by atoms with Gasteiger partial charge in [-0.25, -0.2) is 13.8 Å². The summed E-state index contributed by atoms with van der Waals surface area (Å²) in [6, 6.07) is 0. The highest BCUT2D eigenvalue weighted by Gasteiger charge is 2.05. The van der Waals surface area contributed by atoms with Crippen LogP contribution < -0.4 is 11.3 Å². The molecule has 0 amide bonds. The molecule has 0 spiro atoms. The predicted molar refractivity (Wildman–Crippen MR) is 54.5 cm³/mol. The van der Waals surface area contributed by atoms with Gasteiger partial charge in [-0.1, -0.05) is 0 Å². The summed E-state index contributed by atoms with van der Waals surface area (Å²) in [5.74, 6) is 0.481. The van der Waals surface area contributed by atoms with Crippen LogP contribution in [0.25, 0.3) is 0 Å². The molecule has 5 nitrogen and oxygen atoms in total. The van der Waals surface area contributed by atoms with Crippen LogP contribution in [0, 0.1) is 6.92 Å². The minimum atomic E-state index is -2.49. The largest absolute Gasteiger partial charge is 0.383 e. The van der Waals surface area contributed by atoms with Gasteiger partial charge in [0.05, 0.1) is 12.2 Å². The first-order chi connectivity index (χ1) is 7.50. The third-order valence-corrected chi connectivity index (χ3v) is 1.97. The highest BCUT2D eigenvalue weighted by molar-refractivity contribution is 5.36. The third kappa shape index (κ3) is 3.58. The number of ether oxygens (including phenoxy) is 1. The van der Waals surface area contributed by atoms with Crippen LogP contribution in [0.1, 0.15) is 11.4 Å². The van der Waals surface area contributed by atoms with Gasteiger partial charge in [-0.15, -0.1) is 0 Å². The number of nitrogen functional groups attached to an aromatic ring is 1. The van der Waals surface area contributed by atoms with Crippen LogP contribution in [0.5, 0.6) is 0 Å². The minimum Gasteiger partial charge on any atom is -0.383 e. The van der Waals surface area contributed by atoms with Crippen LogP contribution in [-0.2, 0) is 11.2 Å². The van der Waals surface area contributed by atoms with Crippen molar-refractivity contribution in [3.63, 3.8) is 0 Å². The molecule has 0 aliphatic rings. The Morgan fingerprint density at radius 2 is 2.25 bits per heavy atom. The molecule has 0 unspecified atom stereocenters. The first kappa shape index (κ1) is 12.6. The lowest BCUT2D eigenvalue weighted by atomic mass is 10.3. The van der Waals surface area contributed by atoms with E-state index >= 15 is 0 Å². The van der Waals surface area contributed by atoms with E-state index in [1.807, 2.05) is 0 Å². The van der Waals surface area contributed by atoms with E-state index < -0.39 is 13.0 Å². The molecular formula is C9H13F2N3O2. The highest BCUT2D eigenvalue weighted by Crippen LogP contribution is 2.01. The van der Waals surface area contributed by atoms with Gasteiger partial charge in [0.2, 0.25) is 0 Å². The molecule has 16 heavy (non-hydrogen) atoms. The zero-order chi connectivity index (χ0) is 12.1. The van der Waals surface area contributed by atoms with Crippen molar-refractivity contribution < 1.29 is 13.5 Å². The van der Waals surface area contributed by atoms with E-state index in [2.05, 4.69) is 14.7 Å². The Kier molecular flexibility index (Phi) is 4.36. The van der Waals surface area contributed by atoms with Gasteiger partial charge in [0.15, 0.2) is 0 Å². The van der Waals surface area contributed by atoms with Crippen LogP contribution in [0.15, 0.2) is 4.79 Å². The number of aromatic amines is 1. The number of halogens is 2. The Morgan fingerprint density at radius 3 is 2.81 bits per heavy atom. The van der Waals surface area contributed by atoms with E-state index in [0.29, 0.717) is 11.4 Å². The second-order valence-corrected chi connectivity index (χ2v) is 3.24. The fourth-order valence-corrected chi connectivity index (χ4v) is 1.06. The highest BCUT2D eigenvalue weighted by atomic mass is 19.3. The second kappa shape index (κ2) is 5.55. The normalized spacial score (nSPS) is 11.0. The van der Waals surface area contributed by atoms with Crippen LogP contribution >= 0.6 is 0 Å². The van der Waals surface area contributed by atoms with E-state index in [-0.39, 0.29) is 24.4 Å².